The lowest BCUT2D eigenvalue weighted by molar-refractivity contribution is -0.147. The molecule has 0 N–H and O–H groups in total. The van der Waals surface area contributed by atoms with Gasteiger partial charge in [0, 0.05) is 0 Å². The molecule has 1 atom stereocenters. The maximum Gasteiger partial charge on any atom is 0.334 e. The number of esters is 2. The molecule has 2 aliphatic rings. The van der Waals surface area contributed by atoms with Crippen molar-refractivity contribution in [3.8, 4) is 23.0 Å². The summed E-state index contributed by atoms with van der Waals surface area (Å²) in [5.41, 5.74) is 1.62. The molecule has 2 aromatic rings. The van der Waals surface area contributed by atoms with E-state index in [2.05, 4.69) is 0 Å². The molecule has 0 saturated carbocycles. The number of ether oxygens (including phenoxy) is 6. The smallest absolute Gasteiger partial charge is 0.334 e. The minimum atomic E-state index is -0.881. The van der Waals surface area contributed by atoms with Gasteiger partial charge >= 0.3 is 11.9 Å². The van der Waals surface area contributed by atoms with Crippen LogP contribution in [0.5, 0.6) is 23.0 Å². The fourth-order valence-electron chi connectivity index (χ4n) is 3.37. The van der Waals surface area contributed by atoms with Crippen molar-refractivity contribution in [2.75, 3.05) is 27.8 Å². The van der Waals surface area contributed by atoms with Gasteiger partial charge in [-0.3, -0.25) is 4.79 Å². The SMILES string of the molecule is COC(=O)/C(=C\c1ccc2c(c1)OCO2)C(Cc1ccc2c(c1)OCO2)C(=O)OC. The van der Waals surface area contributed by atoms with E-state index in [1.54, 1.807) is 36.4 Å². The molecule has 2 aliphatic heterocycles. The van der Waals surface area contributed by atoms with Crippen molar-refractivity contribution in [2.24, 2.45) is 5.92 Å². The molecule has 0 aromatic heterocycles. The zero-order valence-corrected chi connectivity index (χ0v) is 16.5. The monoisotopic (exact) mass is 412 g/mol. The Hall–Kier alpha value is -3.68. The molecule has 0 aliphatic carbocycles. The van der Waals surface area contributed by atoms with Crippen LogP contribution in [-0.4, -0.2) is 39.7 Å². The van der Waals surface area contributed by atoms with Gasteiger partial charge in [-0.05, 0) is 47.9 Å². The first-order valence-electron chi connectivity index (χ1n) is 9.25. The van der Waals surface area contributed by atoms with Crippen LogP contribution >= 0.6 is 0 Å². The molecule has 8 nitrogen and oxygen atoms in total. The highest BCUT2D eigenvalue weighted by atomic mass is 16.7. The summed E-state index contributed by atoms with van der Waals surface area (Å²) in [6.45, 7) is 0.290. The van der Waals surface area contributed by atoms with Gasteiger partial charge in [0.25, 0.3) is 0 Å². The largest absolute Gasteiger partial charge is 0.469 e. The van der Waals surface area contributed by atoms with Crippen LogP contribution in [0.25, 0.3) is 6.08 Å². The second kappa shape index (κ2) is 8.36. The Kier molecular flexibility index (Phi) is 5.47. The van der Waals surface area contributed by atoms with E-state index in [1.165, 1.54) is 14.2 Å². The van der Waals surface area contributed by atoms with Crippen LogP contribution in [0.15, 0.2) is 42.0 Å². The first-order valence-corrected chi connectivity index (χ1v) is 9.25. The van der Waals surface area contributed by atoms with E-state index in [9.17, 15) is 9.59 Å². The molecule has 0 fully saturated rings. The molecule has 0 amide bonds. The molecule has 0 bridgehead atoms. The van der Waals surface area contributed by atoms with Crippen LogP contribution in [0, 0.1) is 5.92 Å². The topological polar surface area (TPSA) is 89.5 Å². The number of hydrogen-bond acceptors (Lipinski definition) is 8. The second-order valence-corrected chi connectivity index (χ2v) is 6.67. The number of fused-ring (bicyclic) bond motifs is 2. The predicted octanol–water partition coefficient (Wildman–Crippen LogP) is 2.73. The number of rotatable bonds is 6. The van der Waals surface area contributed by atoms with E-state index in [0.717, 1.165) is 5.56 Å². The number of methoxy groups -OCH3 is 2. The Morgan fingerprint density at radius 2 is 1.53 bits per heavy atom. The summed E-state index contributed by atoms with van der Waals surface area (Å²) in [4.78, 5) is 25.2. The third-order valence-electron chi connectivity index (χ3n) is 4.88. The highest BCUT2D eigenvalue weighted by Gasteiger charge is 2.30. The molecule has 1 unspecified atom stereocenters. The van der Waals surface area contributed by atoms with Crippen molar-refractivity contribution in [2.45, 2.75) is 6.42 Å². The fraction of sp³-hybridized carbons (Fsp3) is 0.273. The lowest BCUT2D eigenvalue weighted by atomic mass is 9.90. The van der Waals surface area contributed by atoms with Crippen molar-refractivity contribution in [3.05, 3.63) is 53.1 Å². The number of carbonyl (C=O) groups is 2. The Labute approximate surface area is 172 Å². The van der Waals surface area contributed by atoms with E-state index in [4.69, 9.17) is 28.4 Å². The van der Waals surface area contributed by atoms with Gasteiger partial charge in [0.15, 0.2) is 23.0 Å². The average molecular weight is 412 g/mol. The van der Waals surface area contributed by atoms with Crippen molar-refractivity contribution in [1.82, 2.24) is 0 Å². The lowest BCUT2D eigenvalue weighted by Gasteiger charge is -2.17. The predicted molar refractivity (Wildman–Crippen MR) is 104 cm³/mol. The zero-order valence-electron chi connectivity index (χ0n) is 16.5. The van der Waals surface area contributed by atoms with Crippen LogP contribution in [0.3, 0.4) is 0 Å². The van der Waals surface area contributed by atoms with Crippen LogP contribution < -0.4 is 18.9 Å². The van der Waals surface area contributed by atoms with Gasteiger partial charge in [-0.2, -0.15) is 0 Å². The summed E-state index contributed by atoms with van der Waals surface area (Å²) in [6, 6.07) is 10.6. The molecule has 8 heteroatoms. The Balaban J connectivity index is 1.69. The normalized spacial score (nSPS) is 14.9. The third-order valence-corrected chi connectivity index (χ3v) is 4.88. The van der Waals surface area contributed by atoms with Gasteiger partial charge in [-0.25, -0.2) is 4.79 Å². The molecule has 2 heterocycles. The van der Waals surface area contributed by atoms with Crippen molar-refractivity contribution >= 4 is 18.0 Å². The zero-order chi connectivity index (χ0) is 21.1. The minimum Gasteiger partial charge on any atom is -0.469 e. The average Bonchev–Trinajstić information content (AvgIpc) is 3.43. The Bertz CT molecular complexity index is 1010. The number of benzene rings is 2. The van der Waals surface area contributed by atoms with Gasteiger partial charge in [0.1, 0.15) is 0 Å². The summed E-state index contributed by atoms with van der Waals surface area (Å²) in [5.74, 6) is 0.366. The van der Waals surface area contributed by atoms with Crippen LogP contribution in [-0.2, 0) is 25.5 Å². The summed E-state index contributed by atoms with van der Waals surface area (Å²) < 4.78 is 31.4. The number of hydrogen-bond donors (Lipinski definition) is 0. The molecule has 2 aromatic carbocycles. The van der Waals surface area contributed by atoms with Gasteiger partial charge in [0.05, 0.1) is 25.7 Å². The number of carbonyl (C=O) groups excluding carboxylic acids is 2. The third kappa shape index (κ3) is 3.89. The molecule has 0 spiro atoms. The van der Waals surface area contributed by atoms with Crippen molar-refractivity contribution < 1.29 is 38.0 Å². The molecule has 30 heavy (non-hydrogen) atoms. The van der Waals surface area contributed by atoms with Crippen molar-refractivity contribution in [3.63, 3.8) is 0 Å². The molecule has 4 rings (SSSR count). The van der Waals surface area contributed by atoms with Crippen LogP contribution in [0.1, 0.15) is 11.1 Å². The second-order valence-electron chi connectivity index (χ2n) is 6.67. The molecule has 0 saturated heterocycles. The maximum absolute atomic E-state index is 12.6. The first-order chi connectivity index (χ1) is 14.6. The van der Waals surface area contributed by atoms with Gasteiger partial charge in [0.2, 0.25) is 13.6 Å². The lowest BCUT2D eigenvalue weighted by Crippen LogP contribution is -2.26. The summed E-state index contributed by atoms with van der Waals surface area (Å²) in [6.07, 6.45) is 1.82. The Morgan fingerprint density at radius 3 is 2.20 bits per heavy atom. The van der Waals surface area contributed by atoms with E-state index >= 15 is 0 Å². The molecule has 156 valence electrons. The van der Waals surface area contributed by atoms with Gasteiger partial charge < -0.3 is 28.4 Å². The molecular formula is C22H20O8. The quantitative estimate of drug-likeness (QED) is 0.529. The van der Waals surface area contributed by atoms with E-state index in [1.807, 2.05) is 6.07 Å². The van der Waals surface area contributed by atoms with Crippen molar-refractivity contribution in [1.29, 1.82) is 0 Å². The highest BCUT2D eigenvalue weighted by molar-refractivity contribution is 6.00. The van der Waals surface area contributed by atoms with E-state index < -0.39 is 17.9 Å². The summed E-state index contributed by atoms with van der Waals surface area (Å²) in [7, 11) is 2.55. The molecule has 0 radical (unpaired) electrons. The van der Waals surface area contributed by atoms with E-state index in [0.29, 0.717) is 28.6 Å². The first kappa shape index (κ1) is 19.6. The standard InChI is InChI=1S/C22H20O8/c1-25-21(23)15(7-13-3-5-17-19(9-13)29-11-27-17)16(22(24)26-2)8-14-4-6-18-20(10-14)30-12-28-18/h3-7,9-10,16H,8,11-12H2,1-2H3/b15-7-. The fourth-order valence-corrected chi connectivity index (χ4v) is 3.37. The summed E-state index contributed by atoms with van der Waals surface area (Å²) >= 11 is 0. The van der Waals surface area contributed by atoms with Gasteiger partial charge in [-0.1, -0.05) is 12.1 Å². The van der Waals surface area contributed by atoms with Crippen LogP contribution in [0.4, 0.5) is 0 Å². The van der Waals surface area contributed by atoms with Gasteiger partial charge in [-0.15, -0.1) is 0 Å². The van der Waals surface area contributed by atoms with E-state index in [-0.39, 0.29) is 25.6 Å². The Morgan fingerprint density at radius 1 is 0.900 bits per heavy atom. The minimum absolute atomic E-state index is 0.140. The molecular weight excluding hydrogens is 392 g/mol. The maximum atomic E-state index is 12.6. The summed E-state index contributed by atoms with van der Waals surface area (Å²) in [5, 5.41) is 0. The van der Waals surface area contributed by atoms with Crippen LogP contribution in [0.2, 0.25) is 0 Å². The highest BCUT2D eigenvalue weighted by Crippen LogP contribution is 2.35.